The van der Waals surface area contributed by atoms with Gasteiger partial charge in [-0.25, -0.2) is 14.1 Å². The molecule has 1 aliphatic rings. The number of rotatable bonds is 1. The van der Waals surface area contributed by atoms with Gasteiger partial charge in [-0.1, -0.05) is 30.3 Å². The van der Waals surface area contributed by atoms with Crippen LogP contribution in [0.3, 0.4) is 0 Å². The number of hydrogen-bond donors (Lipinski definition) is 1. The maximum Gasteiger partial charge on any atom is 0.165 e. The Balaban J connectivity index is 1.94. The number of aromatic amines is 1. The minimum absolute atomic E-state index is 0.334. The van der Waals surface area contributed by atoms with Gasteiger partial charge in [0.2, 0.25) is 0 Å². The van der Waals surface area contributed by atoms with E-state index in [-0.39, 0.29) is 5.82 Å². The molecule has 6 heteroatoms. The van der Waals surface area contributed by atoms with Gasteiger partial charge in [-0.15, -0.1) is 0 Å². The van der Waals surface area contributed by atoms with Crippen LogP contribution < -0.4 is 0 Å². The summed E-state index contributed by atoms with van der Waals surface area (Å²) in [4.78, 5) is 4.63. The highest BCUT2D eigenvalue weighted by molar-refractivity contribution is 6.11. The second-order valence-corrected chi connectivity index (χ2v) is 5.35. The molecule has 0 aliphatic carbocycles. The lowest BCUT2D eigenvalue weighted by atomic mass is 10.1. The molecule has 1 aliphatic heterocycles. The van der Waals surface area contributed by atoms with Crippen LogP contribution in [0.1, 0.15) is 5.56 Å². The topological polar surface area (TPSA) is 58.9 Å². The van der Waals surface area contributed by atoms with Crippen LogP contribution in [-0.4, -0.2) is 25.8 Å². The molecule has 0 unspecified atom stereocenters. The van der Waals surface area contributed by atoms with E-state index >= 15 is 0 Å². The lowest BCUT2D eigenvalue weighted by Gasteiger charge is -2.08. The molecular formula is C17H10FN5. The maximum atomic E-state index is 14.3. The van der Waals surface area contributed by atoms with Gasteiger partial charge < -0.3 is 0 Å². The number of hydrogen-bond acceptors (Lipinski definition) is 3. The first-order valence-electron chi connectivity index (χ1n) is 7.17. The molecule has 23 heavy (non-hydrogen) atoms. The molecule has 0 atom stereocenters. The Bertz CT molecular complexity index is 1090. The summed E-state index contributed by atoms with van der Waals surface area (Å²) in [6.07, 6.45) is 3.40. The number of fused-ring (bicyclic) bond motifs is 2. The highest BCUT2D eigenvalue weighted by Gasteiger charge is 2.23. The largest absolute Gasteiger partial charge is 0.275 e. The molecule has 0 radical (unpaired) electrons. The summed E-state index contributed by atoms with van der Waals surface area (Å²) in [7, 11) is 0. The average Bonchev–Trinajstić information content (AvgIpc) is 3.17. The van der Waals surface area contributed by atoms with Crippen LogP contribution in [0.4, 0.5) is 10.1 Å². The average molecular weight is 303 g/mol. The minimum atomic E-state index is -0.334. The SMILES string of the molecule is Fc1ccccc1C1=Nc2cn[nH]c2-c2cccc3cnn1c23. The van der Waals surface area contributed by atoms with Gasteiger partial charge in [-0.3, -0.25) is 5.10 Å². The Hall–Kier alpha value is -3.28. The highest BCUT2D eigenvalue weighted by Crippen LogP contribution is 2.36. The van der Waals surface area contributed by atoms with Crippen molar-refractivity contribution in [3.63, 3.8) is 0 Å². The summed E-state index contributed by atoms with van der Waals surface area (Å²) in [6, 6.07) is 12.5. The first-order valence-corrected chi connectivity index (χ1v) is 7.17. The first-order chi connectivity index (χ1) is 11.3. The summed E-state index contributed by atoms with van der Waals surface area (Å²) in [5, 5.41) is 12.5. The zero-order valence-corrected chi connectivity index (χ0v) is 11.9. The molecule has 0 saturated heterocycles. The van der Waals surface area contributed by atoms with Gasteiger partial charge in [0.1, 0.15) is 11.5 Å². The molecule has 110 valence electrons. The molecular weight excluding hydrogens is 293 g/mol. The van der Waals surface area contributed by atoms with Crippen LogP contribution in [0.5, 0.6) is 0 Å². The van der Waals surface area contributed by atoms with E-state index in [1.54, 1.807) is 35.3 Å². The predicted molar refractivity (Wildman–Crippen MR) is 85.3 cm³/mol. The Labute approximate surface area is 130 Å². The molecule has 0 amide bonds. The zero-order chi connectivity index (χ0) is 15.4. The fourth-order valence-corrected chi connectivity index (χ4v) is 2.98. The van der Waals surface area contributed by atoms with Crippen molar-refractivity contribution in [2.45, 2.75) is 0 Å². The standard InChI is InChI=1S/C17H10FN5/c18-13-7-2-1-5-11(13)17-21-14-9-19-22-15(14)12-6-3-4-10-8-20-23(17)16(10)12/h1-9H,(H,19,22). The summed E-state index contributed by atoms with van der Waals surface area (Å²) in [5.41, 5.74) is 3.71. The molecule has 4 aromatic rings. The number of nitrogens with zero attached hydrogens (tertiary/aromatic N) is 4. The molecule has 0 spiro atoms. The Morgan fingerprint density at radius 3 is 2.74 bits per heavy atom. The number of aliphatic imine (C=N–C) groups is 1. The number of para-hydroxylation sites is 1. The minimum Gasteiger partial charge on any atom is -0.275 e. The van der Waals surface area contributed by atoms with Gasteiger partial charge in [0.25, 0.3) is 0 Å². The highest BCUT2D eigenvalue weighted by atomic mass is 19.1. The number of nitrogens with one attached hydrogen (secondary N) is 1. The third kappa shape index (κ3) is 1.63. The van der Waals surface area contributed by atoms with Crippen molar-refractivity contribution in [3.05, 3.63) is 66.2 Å². The van der Waals surface area contributed by atoms with Crippen molar-refractivity contribution in [1.82, 2.24) is 20.0 Å². The zero-order valence-electron chi connectivity index (χ0n) is 11.9. The van der Waals surface area contributed by atoms with E-state index in [4.69, 9.17) is 0 Å². The Morgan fingerprint density at radius 1 is 0.957 bits per heavy atom. The second-order valence-electron chi connectivity index (χ2n) is 5.35. The molecule has 3 heterocycles. The summed E-state index contributed by atoms with van der Waals surface area (Å²) in [5.74, 6) is 0.116. The molecule has 2 aromatic carbocycles. The van der Waals surface area contributed by atoms with Crippen molar-refractivity contribution >= 4 is 22.4 Å². The van der Waals surface area contributed by atoms with E-state index in [1.165, 1.54) is 6.07 Å². The van der Waals surface area contributed by atoms with Crippen LogP contribution in [-0.2, 0) is 0 Å². The normalized spacial score (nSPS) is 12.8. The van der Waals surface area contributed by atoms with Crippen LogP contribution in [0.15, 0.2) is 59.9 Å². The summed E-state index contributed by atoms with van der Waals surface area (Å²) in [6.45, 7) is 0. The molecule has 0 saturated carbocycles. The smallest absolute Gasteiger partial charge is 0.165 e. The number of aromatic nitrogens is 4. The summed E-state index contributed by atoms with van der Waals surface area (Å²) >= 11 is 0. The predicted octanol–water partition coefficient (Wildman–Crippen LogP) is 3.51. The van der Waals surface area contributed by atoms with E-state index in [0.717, 1.165) is 22.2 Å². The van der Waals surface area contributed by atoms with Crippen LogP contribution in [0.25, 0.3) is 22.2 Å². The van der Waals surface area contributed by atoms with Gasteiger partial charge in [0.05, 0.1) is 29.2 Å². The molecule has 2 aromatic heterocycles. The van der Waals surface area contributed by atoms with Crippen LogP contribution >= 0.6 is 0 Å². The van der Waals surface area contributed by atoms with Gasteiger partial charge in [-0.2, -0.15) is 10.2 Å². The first kappa shape index (κ1) is 12.3. The van der Waals surface area contributed by atoms with Gasteiger partial charge >= 0.3 is 0 Å². The Kier molecular flexibility index (Phi) is 2.33. The quantitative estimate of drug-likeness (QED) is 0.515. The third-order valence-electron chi connectivity index (χ3n) is 4.02. The fraction of sp³-hybridized carbons (Fsp3) is 0. The van der Waals surface area contributed by atoms with Crippen molar-refractivity contribution in [3.8, 4) is 11.3 Å². The molecule has 0 fully saturated rings. The number of halogens is 1. The van der Waals surface area contributed by atoms with Gasteiger partial charge in [0, 0.05) is 10.9 Å². The molecule has 0 bridgehead atoms. The van der Waals surface area contributed by atoms with E-state index in [2.05, 4.69) is 20.3 Å². The number of H-pyrrole nitrogens is 1. The second kappa shape index (κ2) is 4.36. The monoisotopic (exact) mass is 303 g/mol. The Morgan fingerprint density at radius 2 is 1.83 bits per heavy atom. The van der Waals surface area contributed by atoms with Gasteiger partial charge in [0.15, 0.2) is 5.84 Å². The van der Waals surface area contributed by atoms with Crippen molar-refractivity contribution in [2.24, 2.45) is 4.99 Å². The lowest BCUT2D eigenvalue weighted by Crippen LogP contribution is -2.16. The van der Waals surface area contributed by atoms with Crippen molar-refractivity contribution in [2.75, 3.05) is 0 Å². The van der Waals surface area contributed by atoms with Gasteiger partial charge in [-0.05, 0) is 12.1 Å². The van der Waals surface area contributed by atoms with Crippen LogP contribution in [0.2, 0.25) is 0 Å². The molecule has 1 N–H and O–H groups in total. The summed E-state index contributed by atoms with van der Waals surface area (Å²) < 4.78 is 16.0. The van der Waals surface area contributed by atoms with Crippen molar-refractivity contribution < 1.29 is 4.39 Å². The lowest BCUT2D eigenvalue weighted by molar-refractivity contribution is 0.624. The molecule has 5 nitrogen and oxygen atoms in total. The number of benzene rings is 2. The van der Waals surface area contributed by atoms with Crippen molar-refractivity contribution in [1.29, 1.82) is 0 Å². The van der Waals surface area contributed by atoms with E-state index in [9.17, 15) is 4.39 Å². The maximum absolute atomic E-state index is 14.3. The fourth-order valence-electron chi connectivity index (χ4n) is 2.98. The van der Waals surface area contributed by atoms with E-state index in [0.29, 0.717) is 17.1 Å². The van der Waals surface area contributed by atoms with E-state index in [1.807, 2.05) is 18.2 Å². The van der Waals surface area contributed by atoms with Crippen LogP contribution in [0, 0.1) is 5.82 Å². The van der Waals surface area contributed by atoms with E-state index < -0.39 is 0 Å². The molecule has 5 rings (SSSR count). The third-order valence-corrected chi connectivity index (χ3v) is 4.02.